The zero-order valence-electron chi connectivity index (χ0n) is 44.2. The largest absolute Gasteiger partial charge is 0.479 e. The highest BCUT2D eigenvalue weighted by Crippen LogP contribution is 2.26. The second-order valence-electron chi connectivity index (χ2n) is 18.5. The minimum absolute atomic E-state index is 0.0426. The highest BCUT2D eigenvalue weighted by atomic mass is 16.7. The summed E-state index contributed by atoms with van der Waals surface area (Å²) in [5, 5.41) is 31.3. The first-order valence-corrected chi connectivity index (χ1v) is 27.6. The Bertz CT molecular complexity index is 1560. The maximum absolute atomic E-state index is 13.1. The van der Waals surface area contributed by atoms with E-state index in [0.717, 1.165) is 128 Å². The molecule has 1 aliphatic rings. The zero-order chi connectivity index (χ0) is 51.8. The molecule has 1 aliphatic heterocycles. The van der Waals surface area contributed by atoms with Gasteiger partial charge >= 0.3 is 23.9 Å². The smallest absolute Gasteiger partial charge is 0.335 e. The molecule has 1 fully saturated rings. The lowest BCUT2D eigenvalue weighted by molar-refractivity contribution is -0.301. The van der Waals surface area contributed by atoms with Gasteiger partial charge in [-0.2, -0.15) is 0 Å². The van der Waals surface area contributed by atoms with Gasteiger partial charge in [-0.3, -0.25) is 14.4 Å². The van der Waals surface area contributed by atoms with Crippen molar-refractivity contribution in [2.24, 2.45) is 0 Å². The SMILES string of the molecule is CC/C=C\C/C=C\C/C=C\C/C=C\C/C=C\CCCCCC(=O)OCC(COC1OC(C(=O)O)C(O)C(O)C1OC(=O)CCCCCCC/C=C\CCCC)OC(=O)CCCCCCC/C=C\CCCC. The summed E-state index contributed by atoms with van der Waals surface area (Å²) in [6.45, 7) is 5.73. The Morgan fingerprint density at radius 2 is 0.887 bits per heavy atom. The van der Waals surface area contributed by atoms with Crippen molar-refractivity contribution in [3.05, 3.63) is 85.1 Å². The molecule has 0 aromatic heterocycles. The Labute approximate surface area is 429 Å². The summed E-state index contributed by atoms with van der Waals surface area (Å²) in [4.78, 5) is 50.9. The van der Waals surface area contributed by atoms with Crippen molar-refractivity contribution < 1.29 is 58.2 Å². The Hall–Kier alpha value is -4.10. The number of unbranched alkanes of at least 4 members (excludes halogenated alkanes) is 17. The first kappa shape index (κ1) is 64.9. The standard InChI is InChI=1S/C59H96O12/c1-4-7-10-13-16-19-22-23-24-25-26-27-28-29-32-33-36-39-42-45-51(60)67-48-50(69-52(61)46-43-40-37-34-30-20-17-14-11-8-5-2)49-68-59-57(55(64)54(63)56(71-59)58(65)66)70-53(62)47-44-41-38-35-31-21-18-15-12-9-6-3/h7,10,14-19,23-24,26-27,29,32,50,54-57,59,63-64H,4-6,8-9,11-13,20-22,25,28,30-31,33-49H2,1-3H3,(H,65,66)/b10-7-,17-14-,18-15-,19-16-,24-23-,27-26-,32-29-. The van der Waals surface area contributed by atoms with E-state index in [-0.39, 0.29) is 25.9 Å². The molecular formula is C59H96O12. The third-order valence-corrected chi connectivity index (χ3v) is 11.9. The van der Waals surface area contributed by atoms with Crippen LogP contribution in [0, 0.1) is 0 Å². The van der Waals surface area contributed by atoms with Crippen LogP contribution in [0.3, 0.4) is 0 Å². The van der Waals surface area contributed by atoms with Gasteiger partial charge in [0.2, 0.25) is 0 Å². The van der Waals surface area contributed by atoms with Crippen LogP contribution in [-0.2, 0) is 42.9 Å². The van der Waals surface area contributed by atoms with E-state index in [1.807, 2.05) is 0 Å². The maximum atomic E-state index is 13.1. The number of carbonyl (C=O) groups is 4. The molecule has 1 rings (SSSR count). The summed E-state index contributed by atoms with van der Waals surface area (Å²) in [5.41, 5.74) is 0. The molecule has 0 amide bonds. The normalized spacial score (nSPS) is 19.1. The predicted molar refractivity (Wildman–Crippen MR) is 284 cm³/mol. The van der Waals surface area contributed by atoms with E-state index in [9.17, 15) is 34.5 Å². The summed E-state index contributed by atoms with van der Waals surface area (Å²) in [5.74, 6) is -3.20. The molecular weight excluding hydrogens is 901 g/mol. The van der Waals surface area contributed by atoms with E-state index >= 15 is 0 Å². The van der Waals surface area contributed by atoms with Crippen molar-refractivity contribution in [2.75, 3.05) is 13.2 Å². The van der Waals surface area contributed by atoms with Gasteiger partial charge in [-0.05, 0) is 103 Å². The number of esters is 3. The van der Waals surface area contributed by atoms with Crippen LogP contribution in [0.25, 0.3) is 0 Å². The number of carbonyl (C=O) groups excluding carboxylic acids is 3. The minimum atomic E-state index is -1.91. The molecule has 12 heteroatoms. The van der Waals surface area contributed by atoms with Gasteiger partial charge in [0.15, 0.2) is 24.6 Å². The van der Waals surface area contributed by atoms with Crippen LogP contribution in [0.15, 0.2) is 85.1 Å². The molecule has 0 aromatic carbocycles. The molecule has 0 saturated carbocycles. The van der Waals surface area contributed by atoms with Crippen LogP contribution < -0.4 is 0 Å². The first-order valence-electron chi connectivity index (χ1n) is 27.6. The number of hydrogen-bond donors (Lipinski definition) is 3. The average Bonchev–Trinajstić information content (AvgIpc) is 3.35. The van der Waals surface area contributed by atoms with Crippen LogP contribution in [-0.4, -0.2) is 89.2 Å². The van der Waals surface area contributed by atoms with Gasteiger partial charge in [0.05, 0.1) is 6.61 Å². The summed E-state index contributed by atoms with van der Waals surface area (Å²) in [7, 11) is 0. The van der Waals surface area contributed by atoms with E-state index in [0.29, 0.717) is 19.3 Å². The lowest BCUT2D eigenvalue weighted by atomic mass is 9.98. The molecule has 404 valence electrons. The van der Waals surface area contributed by atoms with Crippen molar-refractivity contribution in [1.29, 1.82) is 0 Å². The number of rotatable bonds is 45. The Morgan fingerprint density at radius 3 is 1.38 bits per heavy atom. The van der Waals surface area contributed by atoms with Crippen LogP contribution >= 0.6 is 0 Å². The molecule has 6 atom stereocenters. The quantitative estimate of drug-likeness (QED) is 0.0228. The van der Waals surface area contributed by atoms with Gasteiger partial charge in [0.1, 0.15) is 18.8 Å². The van der Waals surface area contributed by atoms with E-state index < -0.39 is 67.3 Å². The summed E-state index contributed by atoms with van der Waals surface area (Å²) in [6, 6.07) is 0. The molecule has 6 unspecified atom stereocenters. The number of carboxylic acid groups (broad SMARTS) is 1. The number of aliphatic hydroxyl groups is 2. The fourth-order valence-electron chi connectivity index (χ4n) is 7.65. The Kier molecular flexibility index (Phi) is 42.9. The first-order chi connectivity index (χ1) is 34.6. The molecule has 0 aliphatic carbocycles. The number of hydrogen-bond acceptors (Lipinski definition) is 11. The number of aliphatic hydroxyl groups excluding tert-OH is 2. The van der Waals surface area contributed by atoms with E-state index in [4.69, 9.17) is 23.7 Å². The van der Waals surface area contributed by atoms with Gasteiger partial charge in [0, 0.05) is 19.3 Å². The number of aliphatic carboxylic acids is 1. The number of allylic oxidation sites excluding steroid dienone is 14. The third-order valence-electron chi connectivity index (χ3n) is 11.9. The summed E-state index contributed by atoms with van der Waals surface area (Å²) >= 11 is 0. The fraction of sp³-hybridized carbons (Fsp3) is 0.695. The van der Waals surface area contributed by atoms with Crippen molar-refractivity contribution in [3.8, 4) is 0 Å². The highest BCUT2D eigenvalue weighted by Gasteiger charge is 2.50. The molecule has 0 aromatic rings. The third kappa shape index (κ3) is 37.3. The van der Waals surface area contributed by atoms with Gasteiger partial charge in [-0.25, -0.2) is 4.79 Å². The van der Waals surface area contributed by atoms with Crippen molar-refractivity contribution in [3.63, 3.8) is 0 Å². The number of ether oxygens (including phenoxy) is 5. The van der Waals surface area contributed by atoms with Crippen molar-refractivity contribution >= 4 is 23.9 Å². The monoisotopic (exact) mass is 997 g/mol. The fourth-order valence-corrected chi connectivity index (χ4v) is 7.65. The lowest BCUT2D eigenvalue weighted by Gasteiger charge is -2.40. The number of carboxylic acids is 1. The topological polar surface area (TPSA) is 175 Å². The van der Waals surface area contributed by atoms with E-state index in [1.54, 1.807) is 0 Å². The molecule has 71 heavy (non-hydrogen) atoms. The highest BCUT2D eigenvalue weighted by molar-refractivity contribution is 5.74. The molecule has 3 N–H and O–H groups in total. The molecule has 0 spiro atoms. The second-order valence-corrected chi connectivity index (χ2v) is 18.5. The summed E-state index contributed by atoms with van der Waals surface area (Å²) < 4.78 is 28.3. The zero-order valence-corrected chi connectivity index (χ0v) is 44.2. The molecule has 1 saturated heterocycles. The van der Waals surface area contributed by atoms with Crippen molar-refractivity contribution in [1.82, 2.24) is 0 Å². The molecule has 1 heterocycles. The summed E-state index contributed by atoms with van der Waals surface area (Å²) in [6.07, 6.45) is 47.2. The van der Waals surface area contributed by atoms with Crippen LogP contribution in [0.4, 0.5) is 0 Å². The van der Waals surface area contributed by atoms with Crippen LogP contribution in [0.5, 0.6) is 0 Å². The maximum Gasteiger partial charge on any atom is 0.335 e. The second kappa shape index (κ2) is 46.9. The van der Waals surface area contributed by atoms with E-state index in [1.165, 1.54) is 25.7 Å². The minimum Gasteiger partial charge on any atom is -0.479 e. The van der Waals surface area contributed by atoms with Gasteiger partial charge < -0.3 is 39.0 Å². The van der Waals surface area contributed by atoms with E-state index in [2.05, 4.69) is 106 Å². The Balaban J connectivity index is 2.72. The van der Waals surface area contributed by atoms with Crippen LogP contribution in [0.1, 0.15) is 213 Å². The molecule has 12 nitrogen and oxygen atoms in total. The predicted octanol–water partition coefficient (Wildman–Crippen LogP) is 13.6. The molecule has 0 radical (unpaired) electrons. The lowest BCUT2D eigenvalue weighted by Crippen LogP contribution is -2.61. The average molecular weight is 997 g/mol. The van der Waals surface area contributed by atoms with Crippen LogP contribution in [0.2, 0.25) is 0 Å². The van der Waals surface area contributed by atoms with Gasteiger partial charge in [-0.1, -0.05) is 176 Å². The van der Waals surface area contributed by atoms with Gasteiger partial charge in [0.25, 0.3) is 0 Å². The Morgan fingerprint density at radius 1 is 0.479 bits per heavy atom. The van der Waals surface area contributed by atoms with Gasteiger partial charge in [-0.15, -0.1) is 0 Å². The van der Waals surface area contributed by atoms with Crippen molar-refractivity contribution in [2.45, 2.75) is 250 Å². The molecule has 0 bridgehead atoms.